The lowest BCUT2D eigenvalue weighted by Crippen LogP contribution is -2.56. The van der Waals surface area contributed by atoms with E-state index in [1.165, 1.54) is 26.2 Å². The highest BCUT2D eigenvalue weighted by Gasteiger charge is 2.35. The zero-order valence-corrected chi connectivity index (χ0v) is 17.9. The average molecular weight is 422 g/mol. The van der Waals surface area contributed by atoms with Crippen molar-refractivity contribution >= 4 is 23.8 Å². The molecule has 0 saturated heterocycles. The summed E-state index contributed by atoms with van der Waals surface area (Å²) >= 11 is 0. The highest BCUT2D eigenvalue weighted by molar-refractivity contribution is 5.89. The van der Waals surface area contributed by atoms with E-state index in [1.807, 2.05) is 13.8 Å². The van der Waals surface area contributed by atoms with Crippen LogP contribution in [0, 0.1) is 5.92 Å². The number of amides is 2. The molecule has 1 aromatic rings. The molecule has 1 rings (SSSR count). The van der Waals surface area contributed by atoms with Crippen LogP contribution in [-0.2, 0) is 35.1 Å². The molecule has 0 aromatic heterocycles. The second kappa shape index (κ2) is 11.8. The molecule has 1 unspecified atom stereocenters. The van der Waals surface area contributed by atoms with Crippen molar-refractivity contribution in [3.8, 4) is 5.75 Å². The standard InChI is InChI=1S/C21H30N2O7/c1-12(2)10-18(21(28)29-5)23-20(27)19(30-14(4)25)17(22-13(3)24)11-15-6-8-16(26)9-7-15/h6-9,12,17-19,26H,10-11H2,1-5H3,(H,22,24)(H,23,27)/t17-,18?,19+/m1/s1. The lowest BCUT2D eigenvalue weighted by molar-refractivity contribution is -0.158. The van der Waals surface area contributed by atoms with E-state index in [1.54, 1.807) is 12.1 Å². The third kappa shape index (κ3) is 8.50. The smallest absolute Gasteiger partial charge is 0.328 e. The van der Waals surface area contributed by atoms with E-state index < -0.39 is 41.9 Å². The number of aromatic hydroxyl groups is 1. The summed E-state index contributed by atoms with van der Waals surface area (Å²) < 4.78 is 9.98. The molecule has 3 N–H and O–H groups in total. The number of rotatable bonds is 10. The molecular weight excluding hydrogens is 392 g/mol. The Morgan fingerprint density at radius 1 is 1.03 bits per heavy atom. The SMILES string of the molecule is COC(=O)C(CC(C)C)NC(=O)[C@@H](OC(C)=O)[C@@H](Cc1ccc(O)cc1)NC(C)=O. The van der Waals surface area contributed by atoms with Crippen molar-refractivity contribution < 1.29 is 33.8 Å². The number of carbonyl (C=O) groups excluding carboxylic acids is 4. The van der Waals surface area contributed by atoms with Crippen molar-refractivity contribution in [3.05, 3.63) is 29.8 Å². The summed E-state index contributed by atoms with van der Waals surface area (Å²) in [5.41, 5.74) is 0.697. The Kier molecular flexibility index (Phi) is 9.80. The van der Waals surface area contributed by atoms with Crippen molar-refractivity contribution in [2.24, 2.45) is 5.92 Å². The highest BCUT2D eigenvalue weighted by Crippen LogP contribution is 2.15. The first-order valence-electron chi connectivity index (χ1n) is 9.63. The Morgan fingerprint density at radius 2 is 1.63 bits per heavy atom. The number of ether oxygens (including phenoxy) is 2. The van der Waals surface area contributed by atoms with Gasteiger partial charge in [-0.25, -0.2) is 4.79 Å². The Balaban J connectivity index is 3.16. The van der Waals surface area contributed by atoms with Crippen LogP contribution in [0.4, 0.5) is 0 Å². The van der Waals surface area contributed by atoms with Crippen LogP contribution < -0.4 is 10.6 Å². The number of nitrogens with one attached hydrogen (secondary N) is 2. The lowest BCUT2D eigenvalue weighted by Gasteiger charge is -2.28. The van der Waals surface area contributed by atoms with Gasteiger partial charge in [0, 0.05) is 13.8 Å². The van der Waals surface area contributed by atoms with Crippen LogP contribution in [0.15, 0.2) is 24.3 Å². The molecule has 0 spiro atoms. The minimum Gasteiger partial charge on any atom is -0.508 e. The Morgan fingerprint density at radius 3 is 2.10 bits per heavy atom. The first kappa shape index (κ1) is 24.9. The molecule has 30 heavy (non-hydrogen) atoms. The number of methoxy groups -OCH3 is 1. The summed E-state index contributed by atoms with van der Waals surface area (Å²) in [6.45, 7) is 6.20. The van der Waals surface area contributed by atoms with Crippen LogP contribution in [0.25, 0.3) is 0 Å². The van der Waals surface area contributed by atoms with Gasteiger partial charge in [-0.3, -0.25) is 14.4 Å². The second-order valence-corrected chi connectivity index (χ2v) is 7.42. The van der Waals surface area contributed by atoms with Crippen molar-refractivity contribution in [1.82, 2.24) is 10.6 Å². The third-order valence-corrected chi connectivity index (χ3v) is 4.21. The topological polar surface area (TPSA) is 131 Å². The van der Waals surface area contributed by atoms with Crippen molar-refractivity contribution in [2.45, 2.75) is 58.7 Å². The number of hydrogen-bond donors (Lipinski definition) is 3. The van der Waals surface area contributed by atoms with Crippen LogP contribution in [0.1, 0.15) is 39.7 Å². The number of hydrogen-bond acceptors (Lipinski definition) is 7. The van der Waals surface area contributed by atoms with Crippen LogP contribution in [0.5, 0.6) is 5.75 Å². The number of phenolic OH excluding ortho intramolecular Hbond substituents is 1. The predicted octanol–water partition coefficient (Wildman–Crippen LogP) is 1.07. The molecule has 9 nitrogen and oxygen atoms in total. The summed E-state index contributed by atoms with van der Waals surface area (Å²) in [5.74, 6) is -2.32. The number of carbonyl (C=O) groups is 4. The molecule has 0 radical (unpaired) electrons. The predicted molar refractivity (Wildman–Crippen MR) is 108 cm³/mol. The molecule has 166 valence electrons. The maximum absolute atomic E-state index is 13.0. The van der Waals surface area contributed by atoms with Gasteiger partial charge in [0.2, 0.25) is 5.91 Å². The van der Waals surface area contributed by atoms with Gasteiger partial charge in [0.25, 0.3) is 5.91 Å². The molecule has 1 aromatic carbocycles. The van der Waals surface area contributed by atoms with Crippen molar-refractivity contribution in [3.63, 3.8) is 0 Å². The van der Waals surface area contributed by atoms with E-state index in [2.05, 4.69) is 10.6 Å². The third-order valence-electron chi connectivity index (χ3n) is 4.21. The molecule has 0 aliphatic rings. The van der Waals surface area contributed by atoms with Crippen LogP contribution in [0.2, 0.25) is 0 Å². The zero-order chi connectivity index (χ0) is 22.8. The summed E-state index contributed by atoms with van der Waals surface area (Å²) in [5, 5.41) is 14.7. The Bertz CT molecular complexity index is 746. The van der Waals surface area contributed by atoms with Gasteiger partial charge in [0.05, 0.1) is 13.2 Å². The van der Waals surface area contributed by atoms with Crippen LogP contribution in [-0.4, -0.2) is 54.2 Å². The molecule has 0 fully saturated rings. The monoisotopic (exact) mass is 422 g/mol. The fourth-order valence-corrected chi connectivity index (χ4v) is 2.96. The Hall–Kier alpha value is -3.10. The molecule has 0 saturated carbocycles. The fourth-order valence-electron chi connectivity index (χ4n) is 2.96. The van der Waals surface area contributed by atoms with E-state index in [0.717, 1.165) is 6.92 Å². The van der Waals surface area contributed by atoms with Gasteiger partial charge in [-0.1, -0.05) is 26.0 Å². The average Bonchev–Trinajstić information content (AvgIpc) is 2.65. The van der Waals surface area contributed by atoms with Gasteiger partial charge in [-0.05, 0) is 36.5 Å². The van der Waals surface area contributed by atoms with Gasteiger partial charge >= 0.3 is 11.9 Å². The van der Waals surface area contributed by atoms with Crippen LogP contribution in [0.3, 0.4) is 0 Å². The first-order chi connectivity index (χ1) is 14.0. The summed E-state index contributed by atoms with van der Waals surface area (Å²) in [7, 11) is 1.22. The van der Waals surface area contributed by atoms with Gasteiger partial charge < -0.3 is 25.2 Å². The summed E-state index contributed by atoms with van der Waals surface area (Å²) in [4.78, 5) is 48.4. The number of esters is 2. The second-order valence-electron chi connectivity index (χ2n) is 7.42. The van der Waals surface area contributed by atoms with Gasteiger partial charge in [-0.2, -0.15) is 0 Å². The minimum absolute atomic E-state index is 0.0683. The van der Waals surface area contributed by atoms with E-state index in [-0.39, 0.29) is 18.1 Å². The molecule has 0 aliphatic heterocycles. The molecule has 0 bridgehead atoms. The van der Waals surface area contributed by atoms with Crippen LogP contribution >= 0.6 is 0 Å². The van der Waals surface area contributed by atoms with Gasteiger partial charge in [-0.15, -0.1) is 0 Å². The largest absolute Gasteiger partial charge is 0.508 e. The maximum Gasteiger partial charge on any atom is 0.328 e. The summed E-state index contributed by atoms with van der Waals surface area (Å²) in [6.07, 6.45) is -0.897. The molecule has 2 amide bonds. The van der Waals surface area contributed by atoms with Gasteiger partial charge in [0.1, 0.15) is 11.8 Å². The highest BCUT2D eigenvalue weighted by atomic mass is 16.5. The normalized spacial score (nSPS) is 13.7. The maximum atomic E-state index is 13.0. The zero-order valence-electron chi connectivity index (χ0n) is 17.9. The van der Waals surface area contributed by atoms with E-state index >= 15 is 0 Å². The minimum atomic E-state index is -1.38. The first-order valence-corrected chi connectivity index (χ1v) is 9.63. The molecule has 3 atom stereocenters. The molecule has 9 heteroatoms. The van der Waals surface area contributed by atoms with Gasteiger partial charge in [0.15, 0.2) is 6.10 Å². The molecule has 0 heterocycles. The quantitative estimate of drug-likeness (QED) is 0.481. The number of phenols is 1. The molecular formula is C21H30N2O7. The summed E-state index contributed by atoms with van der Waals surface area (Å²) in [6, 6.07) is 4.38. The Labute approximate surface area is 176 Å². The van der Waals surface area contributed by atoms with Crippen molar-refractivity contribution in [1.29, 1.82) is 0 Å². The number of benzene rings is 1. The van der Waals surface area contributed by atoms with E-state index in [4.69, 9.17) is 9.47 Å². The lowest BCUT2D eigenvalue weighted by atomic mass is 9.99. The molecule has 0 aliphatic carbocycles. The fraction of sp³-hybridized carbons (Fsp3) is 0.524. The van der Waals surface area contributed by atoms with E-state index in [9.17, 15) is 24.3 Å². The van der Waals surface area contributed by atoms with Crippen molar-refractivity contribution in [2.75, 3.05) is 7.11 Å². The van der Waals surface area contributed by atoms with E-state index in [0.29, 0.717) is 12.0 Å².